The number of alkyl halides is 6. The van der Waals surface area contributed by atoms with Crippen LogP contribution in [0.15, 0.2) is 48.5 Å². The highest BCUT2D eigenvalue weighted by Gasteiger charge is 2.74. The van der Waals surface area contributed by atoms with Crippen LogP contribution in [0.5, 0.6) is 11.5 Å². The fourth-order valence-electron chi connectivity index (χ4n) is 2.39. The Balaban J connectivity index is 2.51. The summed E-state index contributed by atoms with van der Waals surface area (Å²) in [5.41, 5.74) is -6.03. The van der Waals surface area contributed by atoms with Crippen LogP contribution in [0, 0.1) is 0 Å². The molecule has 2 aromatic carbocycles. The van der Waals surface area contributed by atoms with Crippen molar-refractivity contribution in [3.05, 3.63) is 59.7 Å². The van der Waals surface area contributed by atoms with E-state index in [1.54, 1.807) is 0 Å². The van der Waals surface area contributed by atoms with E-state index in [1.807, 2.05) is 0 Å². The summed E-state index contributed by atoms with van der Waals surface area (Å²) in [6.45, 7) is -0.989. The molecule has 0 atom stereocenters. The average molecular weight is 380 g/mol. The third kappa shape index (κ3) is 3.57. The van der Waals surface area contributed by atoms with Crippen molar-refractivity contribution in [1.82, 2.24) is 0 Å². The highest BCUT2D eigenvalue weighted by molar-refractivity contribution is 5.39. The summed E-state index contributed by atoms with van der Waals surface area (Å²) in [6, 6.07) is 8.64. The van der Waals surface area contributed by atoms with Gasteiger partial charge < -0.3 is 14.6 Å². The number of phenolic OH excluding ortho intramolecular Hbond substituents is 1. The standard InChI is InChI=1S/C17H14F6O3/c1-25-12-8-6-11(7-9-12)10-26-15(16(18,19)20,17(21,22)23)13-4-2-3-5-14(13)24/h2-9,24H,10H2,1H3. The number of methoxy groups -OCH3 is 1. The summed E-state index contributed by atoms with van der Waals surface area (Å²) >= 11 is 0. The second kappa shape index (κ2) is 7.06. The van der Waals surface area contributed by atoms with Crippen LogP contribution in [0.1, 0.15) is 11.1 Å². The zero-order chi connectivity index (χ0) is 19.6. The van der Waals surface area contributed by atoms with Crippen molar-refractivity contribution in [2.75, 3.05) is 7.11 Å². The number of halogens is 6. The summed E-state index contributed by atoms with van der Waals surface area (Å²) in [5, 5.41) is 9.64. The zero-order valence-corrected chi connectivity index (χ0v) is 13.4. The maximum atomic E-state index is 13.6. The molecular formula is C17H14F6O3. The number of hydrogen-bond donors (Lipinski definition) is 1. The van der Waals surface area contributed by atoms with Gasteiger partial charge in [-0.25, -0.2) is 0 Å². The molecule has 0 heterocycles. The third-order valence-corrected chi connectivity index (χ3v) is 3.70. The van der Waals surface area contributed by atoms with Gasteiger partial charge in [0, 0.05) is 5.56 Å². The van der Waals surface area contributed by atoms with Crippen LogP contribution >= 0.6 is 0 Å². The molecule has 0 aliphatic rings. The van der Waals surface area contributed by atoms with Gasteiger partial charge in [0.05, 0.1) is 13.7 Å². The Morgan fingerprint density at radius 3 is 1.85 bits per heavy atom. The predicted octanol–water partition coefficient (Wildman–Crippen LogP) is 4.94. The van der Waals surface area contributed by atoms with E-state index in [-0.39, 0.29) is 5.56 Å². The van der Waals surface area contributed by atoms with E-state index in [4.69, 9.17) is 4.74 Å². The Morgan fingerprint density at radius 1 is 0.846 bits per heavy atom. The van der Waals surface area contributed by atoms with Crippen LogP contribution in [0.25, 0.3) is 0 Å². The molecule has 0 amide bonds. The molecule has 0 aromatic heterocycles. The van der Waals surface area contributed by atoms with Gasteiger partial charge in [-0.15, -0.1) is 0 Å². The smallest absolute Gasteiger partial charge is 0.431 e. The molecule has 2 aromatic rings. The van der Waals surface area contributed by atoms with Gasteiger partial charge in [-0.2, -0.15) is 26.3 Å². The van der Waals surface area contributed by atoms with E-state index in [0.717, 1.165) is 18.2 Å². The second-order valence-corrected chi connectivity index (χ2v) is 5.33. The molecule has 0 saturated heterocycles. The number of ether oxygens (including phenoxy) is 2. The number of rotatable bonds is 5. The molecule has 0 radical (unpaired) electrons. The predicted molar refractivity (Wildman–Crippen MR) is 79.7 cm³/mol. The maximum Gasteiger partial charge on any atom is 0.431 e. The minimum absolute atomic E-state index is 0.0686. The van der Waals surface area contributed by atoms with Crippen molar-refractivity contribution >= 4 is 0 Å². The number of hydrogen-bond acceptors (Lipinski definition) is 3. The highest BCUT2D eigenvalue weighted by atomic mass is 19.4. The van der Waals surface area contributed by atoms with Gasteiger partial charge in [-0.1, -0.05) is 30.3 Å². The molecule has 2 rings (SSSR count). The maximum absolute atomic E-state index is 13.6. The molecular weight excluding hydrogens is 366 g/mol. The Kier molecular flexibility index (Phi) is 5.41. The lowest BCUT2D eigenvalue weighted by Crippen LogP contribution is -2.55. The first kappa shape index (κ1) is 19.9. The van der Waals surface area contributed by atoms with Gasteiger partial charge in [0.25, 0.3) is 5.60 Å². The molecule has 142 valence electrons. The van der Waals surface area contributed by atoms with Crippen LogP contribution in [-0.4, -0.2) is 24.6 Å². The topological polar surface area (TPSA) is 38.7 Å². The second-order valence-electron chi connectivity index (χ2n) is 5.33. The van der Waals surface area contributed by atoms with Gasteiger partial charge in [0.2, 0.25) is 0 Å². The van der Waals surface area contributed by atoms with E-state index < -0.39 is 35.9 Å². The fourth-order valence-corrected chi connectivity index (χ4v) is 2.39. The van der Waals surface area contributed by atoms with Crippen molar-refractivity contribution in [2.45, 2.75) is 24.6 Å². The van der Waals surface area contributed by atoms with E-state index >= 15 is 0 Å². The Bertz CT molecular complexity index is 723. The van der Waals surface area contributed by atoms with Crippen molar-refractivity contribution in [3.63, 3.8) is 0 Å². The molecule has 0 spiro atoms. The summed E-state index contributed by atoms with van der Waals surface area (Å²) in [6.07, 6.45) is -11.7. The normalized spacial score (nSPS) is 12.9. The van der Waals surface area contributed by atoms with E-state index in [0.29, 0.717) is 11.8 Å². The Labute approximate surface area is 144 Å². The zero-order valence-electron chi connectivity index (χ0n) is 13.4. The lowest BCUT2D eigenvalue weighted by Gasteiger charge is -2.37. The summed E-state index contributed by atoms with van der Waals surface area (Å²) < 4.78 is 90.8. The minimum Gasteiger partial charge on any atom is -0.508 e. The van der Waals surface area contributed by atoms with E-state index in [1.165, 1.54) is 31.4 Å². The molecule has 9 heteroatoms. The molecule has 1 N–H and O–H groups in total. The van der Waals surface area contributed by atoms with Crippen molar-refractivity contribution < 1.29 is 40.9 Å². The van der Waals surface area contributed by atoms with Gasteiger partial charge in [-0.05, 0) is 23.8 Å². The number of benzene rings is 2. The van der Waals surface area contributed by atoms with Gasteiger partial charge in [0.1, 0.15) is 11.5 Å². The van der Waals surface area contributed by atoms with Gasteiger partial charge in [-0.3, -0.25) is 0 Å². The molecule has 0 unspecified atom stereocenters. The molecule has 0 saturated carbocycles. The Morgan fingerprint density at radius 2 is 1.38 bits per heavy atom. The third-order valence-electron chi connectivity index (χ3n) is 3.70. The Hall–Kier alpha value is -2.42. The van der Waals surface area contributed by atoms with E-state index in [2.05, 4.69) is 4.74 Å². The highest BCUT2D eigenvalue weighted by Crippen LogP contribution is 2.55. The summed E-state index contributed by atoms with van der Waals surface area (Å²) in [4.78, 5) is 0. The van der Waals surface area contributed by atoms with Crippen LogP contribution < -0.4 is 4.74 Å². The average Bonchev–Trinajstić information content (AvgIpc) is 2.55. The minimum atomic E-state index is -5.86. The van der Waals surface area contributed by atoms with Crippen LogP contribution in [0.3, 0.4) is 0 Å². The van der Waals surface area contributed by atoms with Crippen molar-refractivity contribution in [3.8, 4) is 11.5 Å². The quantitative estimate of drug-likeness (QED) is 0.747. The number of phenols is 1. The first-order valence-electron chi connectivity index (χ1n) is 7.21. The molecule has 0 aliphatic carbocycles. The van der Waals surface area contributed by atoms with Gasteiger partial charge in [0.15, 0.2) is 0 Å². The van der Waals surface area contributed by atoms with Crippen LogP contribution in [0.4, 0.5) is 26.3 Å². The molecule has 0 bridgehead atoms. The lowest BCUT2D eigenvalue weighted by atomic mass is 9.90. The molecule has 26 heavy (non-hydrogen) atoms. The first-order valence-corrected chi connectivity index (χ1v) is 7.21. The number of para-hydroxylation sites is 1. The summed E-state index contributed by atoms with van der Waals surface area (Å²) in [7, 11) is 1.36. The SMILES string of the molecule is COc1ccc(COC(c2ccccc2O)(C(F)(F)F)C(F)(F)F)cc1. The van der Waals surface area contributed by atoms with Crippen LogP contribution in [-0.2, 0) is 16.9 Å². The van der Waals surface area contributed by atoms with Crippen molar-refractivity contribution in [2.24, 2.45) is 0 Å². The van der Waals surface area contributed by atoms with E-state index in [9.17, 15) is 31.4 Å². The fraction of sp³-hybridized carbons (Fsp3) is 0.294. The monoisotopic (exact) mass is 380 g/mol. The number of aromatic hydroxyl groups is 1. The van der Waals surface area contributed by atoms with Crippen molar-refractivity contribution in [1.29, 1.82) is 0 Å². The largest absolute Gasteiger partial charge is 0.508 e. The first-order chi connectivity index (χ1) is 12.0. The van der Waals surface area contributed by atoms with Gasteiger partial charge >= 0.3 is 12.4 Å². The summed E-state index contributed by atoms with van der Waals surface area (Å²) in [5.74, 6) is -0.788. The lowest BCUT2D eigenvalue weighted by molar-refractivity contribution is -0.393. The molecule has 0 fully saturated rings. The molecule has 3 nitrogen and oxygen atoms in total. The van der Waals surface area contributed by atoms with Crippen LogP contribution in [0.2, 0.25) is 0 Å². The molecule has 0 aliphatic heterocycles.